The van der Waals surface area contributed by atoms with Gasteiger partial charge in [0.05, 0.1) is 11.3 Å². The van der Waals surface area contributed by atoms with Gasteiger partial charge in [0, 0.05) is 26.2 Å². The van der Waals surface area contributed by atoms with E-state index in [-0.39, 0.29) is 5.56 Å². The molecular formula is C14H16FN3O. The highest BCUT2D eigenvalue weighted by molar-refractivity contribution is 5.94. The molecule has 2 aromatic rings. The van der Waals surface area contributed by atoms with Crippen LogP contribution in [0.5, 0.6) is 0 Å². The minimum atomic E-state index is -0.460. The van der Waals surface area contributed by atoms with Crippen LogP contribution in [0.15, 0.2) is 30.5 Å². The van der Waals surface area contributed by atoms with Gasteiger partial charge in [-0.3, -0.25) is 9.48 Å². The Kier molecular flexibility index (Phi) is 3.94. The zero-order chi connectivity index (χ0) is 13.8. The highest BCUT2D eigenvalue weighted by Gasteiger charge is 2.12. The minimum absolute atomic E-state index is 0.0843. The molecule has 0 bridgehead atoms. The van der Waals surface area contributed by atoms with Crippen molar-refractivity contribution in [1.82, 2.24) is 15.1 Å². The number of hydrogen-bond donors (Lipinski definition) is 1. The number of benzene rings is 1. The molecule has 1 aromatic carbocycles. The Balaban J connectivity index is 1.93. The first-order valence-corrected chi connectivity index (χ1v) is 6.10. The predicted octanol–water partition coefficient (Wildman–Crippen LogP) is 1.84. The van der Waals surface area contributed by atoms with E-state index in [0.29, 0.717) is 18.5 Å². The van der Waals surface area contributed by atoms with Gasteiger partial charge in [-0.2, -0.15) is 5.10 Å². The van der Waals surface area contributed by atoms with Crippen molar-refractivity contribution in [2.75, 3.05) is 6.54 Å². The molecule has 1 aromatic heterocycles. The van der Waals surface area contributed by atoms with E-state index in [2.05, 4.69) is 10.4 Å². The minimum Gasteiger partial charge on any atom is -0.352 e. The quantitative estimate of drug-likeness (QED) is 0.913. The number of amides is 1. The molecule has 0 saturated heterocycles. The molecule has 1 heterocycles. The molecule has 0 fully saturated rings. The average molecular weight is 261 g/mol. The van der Waals surface area contributed by atoms with Gasteiger partial charge in [0.25, 0.3) is 5.91 Å². The van der Waals surface area contributed by atoms with Crippen LogP contribution in [0.4, 0.5) is 4.39 Å². The molecule has 0 aliphatic heterocycles. The first-order chi connectivity index (χ1) is 9.08. The van der Waals surface area contributed by atoms with E-state index in [0.717, 1.165) is 5.69 Å². The third-order valence-corrected chi connectivity index (χ3v) is 2.87. The van der Waals surface area contributed by atoms with E-state index >= 15 is 0 Å². The van der Waals surface area contributed by atoms with Crippen LogP contribution >= 0.6 is 0 Å². The van der Waals surface area contributed by atoms with Crippen LogP contribution in [0.25, 0.3) is 0 Å². The number of aromatic nitrogens is 2. The van der Waals surface area contributed by atoms with Crippen molar-refractivity contribution in [3.8, 4) is 0 Å². The van der Waals surface area contributed by atoms with E-state index in [1.165, 1.54) is 6.07 Å². The van der Waals surface area contributed by atoms with Crippen LogP contribution in [0.1, 0.15) is 21.6 Å². The Bertz CT molecular complexity index is 592. The molecule has 0 atom stereocenters. The van der Waals surface area contributed by atoms with Gasteiger partial charge < -0.3 is 5.32 Å². The van der Waals surface area contributed by atoms with Gasteiger partial charge in [0.15, 0.2) is 0 Å². The van der Waals surface area contributed by atoms with E-state index in [1.807, 2.05) is 19.3 Å². The van der Waals surface area contributed by atoms with Gasteiger partial charge in [-0.15, -0.1) is 0 Å². The number of nitrogens with one attached hydrogen (secondary N) is 1. The zero-order valence-corrected chi connectivity index (χ0v) is 11.0. The van der Waals surface area contributed by atoms with E-state index in [1.54, 1.807) is 23.7 Å². The van der Waals surface area contributed by atoms with Gasteiger partial charge in [-0.1, -0.05) is 12.1 Å². The predicted molar refractivity (Wildman–Crippen MR) is 70.4 cm³/mol. The highest BCUT2D eigenvalue weighted by Crippen LogP contribution is 2.11. The molecule has 100 valence electrons. The van der Waals surface area contributed by atoms with Crippen molar-refractivity contribution < 1.29 is 9.18 Å². The summed E-state index contributed by atoms with van der Waals surface area (Å²) in [7, 11) is 1.84. The van der Waals surface area contributed by atoms with Crippen molar-refractivity contribution >= 4 is 5.91 Å². The van der Waals surface area contributed by atoms with Gasteiger partial charge >= 0.3 is 0 Å². The molecule has 1 N–H and O–H groups in total. The molecule has 5 heteroatoms. The average Bonchev–Trinajstić information content (AvgIpc) is 2.78. The summed E-state index contributed by atoms with van der Waals surface area (Å²) in [6, 6.07) is 6.68. The van der Waals surface area contributed by atoms with Crippen LogP contribution in [0, 0.1) is 12.7 Å². The van der Waals surface area contributed by atoms with Crippen molar-refractivity contribution in [2.24, 2.45) is 7.05 Å². The first kappa shape index (κ1) is 13.3. The Hall–Kier alpha value is -2.17. The van der Waals surface area contributed by atoms with Crippen LogP contribution in [-0.4, -0.2) is 22.2 Å². The standard InChI is InChI=1S/C14H16FN3O/c1-10-4-3-5-12(13(10)15)14(19)16-8-6-11-7-9-18(2)17-11/h3-5,7,9H,6,8H2,1-2H3,(H,16,19). The van der Waals surface area contributed by atoms with Crippen LogP contribution in [0.3, 0.4) is 0 Å². The zero-order valence-electron chi connectivity index (χ0n) is 11.0. The SMILES string of the molecule is Cc1cccc(C(=O)NCCc2ccn(C)n2)c1F. The second-order valence-electron chi connectivity index (χ2n) is 4.42. The number of halogens is 1. The molecule has 2 rings (SSSR count). The largest absolute Gasteiger partial charge is 0.352 e. The summed E-state index contributed by atoms with van der Waals surface area (Å²) < 4.78 is 15.4. The maximum atomic E-state index is 13.7. The molecule has 0 aliphatic carbocycles. The second kappa shape index (κ2) is 5.65. The summed E-state index contributed by atoms with van der Waals surface area (Å²) >= 11 is 0. The lowest BCUT2D eigenvalue weighted by Crippen LogP contribution is -2.26. The van der Waals surface area contributed by atoms with Gasteiger partial charge in [-0.05, 0) is 24.6 Å². The molecule has 0 unspecified atom stereocenters. The molecule has 1 amide bonds. The second-order valence-corrected chi connectivity index (χ2v) is 4.42. The molecule has 0 aliphatic rings. The van der Waals surface area contributed by atoms with E-state index in [4.69, 9.17) is 0 Å². The number of carbonyl (C=O) groups is 1. The van der Waals surface area contributed by atoms with Crippen molar-refractivity contribution in [3.05, 3.63) is 53.1 Å². The Morgan fingerprint density at radius 1 is 1.42 bits per heavy atom. The fourth-order valence-electron chi connectivity index (χ4n) is 1.82. The van der Waals surface area contributed by atoms with Gasteiger partial charge in [0.1, 0.15) is 5.82 Å². The van der Waals surface area contributed by atoms with Crippen LogP contribution < -0.4 is 5.32 Å². The lowest BCUT2D eigenvalue weighted by Gasteiger charge is -2.06. The van der Waals surface area contributed by atoms with Crippen molar-refractivity contribution in [1.29, 1.82) is 0 Å². The highest BCUT2D eigenvalue weighted by atomic mass is 19.1. The fraction of sp³-hybridized carbons (Fsp3) is 0.286. The molecule has 4 nitrogen and oxygen atoms in total. The summed E-state index contributed by atoms with van der Waals surface area (Å²) in [6.07, 6.45) is 2.47. The van der Waals surface area contributed by atoms with Gasteiger partial charge in [-0.25, -0.2) is 4.39 Å². The van der Waals surface area contributed by atoms with Crippen molar-refractivity contribution in [3.63, 3.8) is 0 Å². The van der Waals surface area contributed by atoms with Crippen LogP contribution in [-0.2, 0) is 13.5 Å². The normalized spacial score (nSPS) is 10.5. The number of hydrogen-bond acceptors (Lipinski definition) is 2. The lowest BCUT2D eigenvalue weighted by molar-refractivity contribution is 0.0950. The Morgan fingerprint density at radius 3 is 2.89 bits per heavy atom. The number of rotatable bonds is 4. The molecule has 0 radical (unpaired) electrons. The molecular weight excluding hydrogens is 245 g/mol. The number of carbonyl (C=O) groups excluding carboxylic acids is 1. The number of nitrogens with zero attached hydrogens (tertiary/aromatic N) is 2. The monoisotopic (exact) mass is 261 g/mol. The maximum Gasteiger partial charge on any atom is 0.254 e. The summed E-state index contributed by atoms with van der Waals surface area (Å²) in [5.41, 5.74) is 1.45. The van der Waals surface area contributed by atoms with Crippen LogP contribution in [0.2, 0.25) is 0 Å². The summed E-state index contributed by atoms with van der Waals surface area (Å²) in [5.74, 6) is -0.852. The topological polar surface area (TPSA) is 46.9 Å². The van der Waals surface area contributed by atoms with E-state index < -0.39 is 11.7 Å². The Morgan fingerprint density at radius 2 is 2.21 bits per heavy atom. The maximum absolute atomic E-state index is 13.7. The summed E-state index contributed by atoms with van der Waals surface area (Å²) in [4.78, 5) is 11.8. The lowest BCUT2D eigenvalue weighted by atomic mass is 10.1. The first-order valence-electron chi connectivity index (χ1n) is 6.10. The van der Waals surface area contributed by atoms with Gasteiger partial charge in [0.2, 0.25) is 0 Å². The van der Waals surface area contributed by atoms with Crippen molar-refractivity contribution in [2.45, 2.75) is 13.3 Å². The third kappa shape index (κ3) is 3.19. The van der Waals surface area contributed by atoms with E-state index in [9.17, 15) is 9.18 Å². The fourth-order valence-corrected chi connectivity index (χ4v) is 1.82. The summed E-state index contributed by atoms with van der Waals surface area (Å²) in [6.45, 7) is 2.07. The molecule has 0 saturated carbocycles. The Labute approximate surface area is 111 Å². The molecule has 19 heavy (non-hydrogen) atoms. The smallest absolute Gasteiger partial charge is 0.254 e. The number of aryl methyl sites for hydroxylation is 2. The molecule has 0 spiro atoms. The summed E-state index contributed by atoms with van der Waals surface area (Å²) in [5, 5.41) is 6.90. The third-order valence-electron chi connectivity index (χ3n) is 2.87.